The summed E-state index contributed by atoms with van der Waals surface area (Å²) < 4.78 is 0. The third kappa shape index (κ3) is 3.21. The van der Waals surface area contributed by atoms with Crippen LogP contribution in [0.1, 0.15) is 26.0 Å². The molecule has 0 spiro atoms. The molecule has 0 aromatic carbocycles. The molecule has 1 saturated heterocycles. The van der Waals surface area contributed by atoms with E-state index in [0.717, 1.165) is 12.2 Å². The molecule has 0 radical (unpaired) electrons. The summed E-state index contributed by atoms with van der Waals surface area (Å²) in [7, 11) is 0. The monoisotopic (exact) mass is 244 g/mol. The van der Waals surface area contributed by atoms with Crippen LogP contribution in [0.15, 0.2) is 18.3 Å². The normalized spacial score (nSPS) is 20.0. The highest BCUT2D eigenvalue weighted by Gasteiger charge is 2.23. The maximum Gasteiger partial charge on any atom is 0.140 e. The number of pyridine rings is 1. The van der Waals surface area contributed by atoms with Crippen LogP contribution >= 0.6 is 0 Å². The summed E-state index contributed by atoms with van der Waals surface area (Å²) in [6.45, 7) is 7.86. The summed E-state index contributed by atoms with van der Waals surface area (Å²) in [4.78, 5) is 6.57. The average molecular weight is 244 g/mol. The molecule has 96 valence electrons. The number of hydrogen-bond acceptors (Lipinski definition) is 4. The van der Waals surface area contributed by atoms with E-state index in [9.17, 15) is 0 Å². The first-order valence-corrected chi connectivity index (χ1v) is 6.53. The van der Waals surface area contributed by atoms with Gasteiger partial charge in [0.25, 0.3) is 0 Å². The predicted octanol–water partition coefficient (Wildman–Crippen LogP) is 2.10. The van der Waals surface area contributed by atoms with Crippen molar-refractivity contribution in [3.8, 4) is 6.07 Å². The van der Waals surface area contributed by atoms with Crippen LogP contribution in [-0.2, 0) is 0 Å². The number of anilines is 1. The molecule has 4 heteroatoms. The molecule has 4 nitrogen and oxygen atoms in total. The van der Waals surface area contributed by atoms with Gasteiger partial charge in [-0.3, -0.25) is 0 Å². The quantitative estimate of drug-likeness (QED) is 0.881. The number of nitrogens with one attached hydrogen (secondary N) is 1. The van der Waals surface area contributed by atoms with Gasteiger partial charge in [0.1, 0.15) is 11.8 Å². The molecular formula is C14H20N4. The molecule has 1 atom stereocenters. The Hall–Kier alpha value is -1.60. The summed E-state index contributed by atoms with van der Waals surface area (Å²) in [6.07, 6.45) is 2.99. The van der Waals surface area contributed by atoms with Gasteiger partial charge in [0.05, 0.1) is 11.9 Å². The molecule has 1 aromatic rings. The smallest absolute Gasteiger partial charge is 0.140 e. The van der Waals surface area contributed by atoms with Gasteiger partial charge in [0, 0.05) is 19.1 Å². The molecule has 1 aliphatic heterocycles. The van der Waals surface area contributed by atoms with E-state index in [1.54, 1.807) is 12.3 Å². The van der Waals surface area contributed by atoms with Gasteiger partial charge >= 0.3 is 0 Å². The molecule has 2 rings (SSSR count). The molecule has 1 fully saturated rings. The SMILES string of the molecule is CC(C)N1CCC(CNc2ccc(C#N)nc2)C1. The first kappa shape index (κ1) is 12.8. The number of rotatable bonds is 4. The summed E-state index contributed by atoms with van der Waals surface area (Å²) in [6, 6.07) is 6.33. The van der Waals surface area contributed by atoms with Gasteiger partial charge < -0.3 is 10.2 Å². The maximum atomic E-state index is 8.67. The molecule has 1 unspecified atom stereocenters. The van der Waals surface area contributed by atoms with Crippen LogP contribution in [-0.4, -0.2) is 35.6 Å². The largest absolute Gasteiger partial charge is 0.383 e. The van der Waals surface area contributed by atoms with Crippen LogP contribution in [0.5, 0.6) is 0 Å². The van der Waals surface area contributed by atoms with Gasteiger partial charge in [-0.2, -0.15) is 5.26 Å². The number of aromatic nitrogens is 1. The second kappa shape index (κ2) is 5.83. The van der Waals surface area contributed by atoms with Crippen LogP contribution < -0.4 is 5.32 Å². The van der Waals surface area contributed by atoms with Gasteiger partial charge in [-0.05, 0) is 44.9 Å². The van der Waals surface area contributed by atoms with Crippen molar-refractivity contribution >= 4 is 5.69 Å². The number of hydrogen-bond donors (Lipinski definition) is 1. The fourth-order valence-corrected chi connectivity index (χ4v) is 2.33. The highest BCUT2D eigenvalue weighted by Crippen LogP contribution is 2.19. The van der Waals surface area contributed by atoms with Gasteiger partial charge in [-0.25, -0.2) is 4.98 Å². The van der Waals surface area contributed by atoms with Crippen molar-refractivity contribution in [3.63, 3.8) is 0 Å². The lowest BCUT2D eigenvalue weighted by Crippen LogP contribution is -2.29. The van der Waals surface area contributed by atoms with Crippen LogP contribution in [0.25, 0.3) is 0 Å². The Labute approximate surface area is 109 Å². The van der Waals surface area contributed by atoms with Crippen LogP contribution in [0.2, 0.25) is 0 Å². The second-order valence-electron chi connectivity index (χ2n) is 5.17. The highest BCUT2D eigenvalue weighted by molar-refractivity contribution is 5.42. The summed E-state index contributed by atoms with van der Waals surface area (Å²) in [5, 5.41) is 12.1. The van der Waals surface area contributed by atoms with E-state index >= 15 is 0 Å². The maximum absolute atomic E-state index is 8.67. The molecule has 1 aromatic heterocycles. The predicted molar refractivity (Wildman–Crippen MR) is 72.3 cm³/mol. The lowest BCUT2D eigenvalue weighted by Gasteiger charge is -2.20. The zero-order valence-corrected chi connectivity index (χ0v) is 11.1. The van der Waals surface area contributed by atoms with Crippen molar-refractivity contribution in [2.24, 2.45) is 5.92 Å². The summed E-state index contributed by atoms with van der Waals surface area (Å²) in [5.74, 6) is 0.711. The number of nitrogens with zero attached hydrogens (tertiary/aromatic N) is 3. The van der Waals surface area contributed by atoms with Crippen LogP contribution in [0, 0.1) is 17.2 Å². The van der Waals surface area contributed by atoms with Crippen molar-refractivity contribution in [2.45, 2.75) is 26.3 Å². The van der Waals surface area contributed by atoms with E-state index in [-0.39, 0.29) is 0 Å². The topological polar surface area (TPSA) is 52.0 Å². The number of nitriles is 1. The zero-order chi connectivity index (χ0) is 13.0. The first-order valence-electron chi connectivity index (χ1n) is 6.53. The Morgan fingerprint density at radius 2 is 2.39 bits per heavy atom. The third-order valence-corrected chi connectivity index (χ3v) is 3.52. The molecule has 0 bridgehead atoms. The summed E-state index contributed by atoms with van der Waals surface area (Å²) in [5.41, 5.74) is 1.46. The van der Waals surface area contributed by atoms with Crippen LogP contribution in [0.4, 0.5) is 5.69 Å². The Morgan fingerprint density at radius 3 is 2.94 bits per heavy atom. The molecule has 0 amide bonds. The molecule has 0 aliphatic carbocycles. The van der Waals surface area contributed by atoms with Crippen molar-refractivity contribution < 1.29 is 0 Å². The lowest BCUT2D eigenvalue weighted by molar-refractivity contribution is 0.266. The third-order valence-electron chi connectivity index (χ3n) is 3.52. The molecule has 0 saturated carbocycles. The van der Waals surface area contributed by atoms with Crippen LogP contribution in [0.3, 0.4) is 0 Å². The molecule has 1 aliphatic rings. The Balaban J connectivity index is 1.80. The Bertz CT molecular complexity index is 418. The van der Waals surface area contributed by atoms with E-state index < -0.39 is 0 Å². The van der Waals surface area contributed by atoms with Gasteiger partial charge in [0.2, 0.25) is 0 Å². The fraction of sp³-hybridized carbons (Fsp3) is 0.571. The molecule has 2 heterocycles. The standard InChI is InChI=1S/C14H20N4/c1-11(2)18-6-5-12(10-18)8-16-14-4-3-13(7-15)17-9-14/h3-4,9,11-12,16H,5-6,8,10H2,1-2H3. The molecular weight excluding hydrogens is 224 g/mol. The van der Waals surface area contributed by atoms with E-state index in [1.165, 1.54) is 19.5 Å². The van der Waals surface area contributed by atoms with Crippen molar-refractivity contribution in [1.82, 2.24) is 9.88 Å². The highest BCUT2D eigenvalue weighted by atomic mass is 15.2. The first-order chi connectivity index (χ1) is 8.69. The van der Waals surface area contributed by atoms with E-state index in [2.05, 4.69) is 29.0 Å². The van der Waals surface area contributed by atoms with Crippen molar-refractivity contribution in [2.75, 3.05) is 25.0 Å². The van der Waals surface area contributed by atoms with Gasteiger partial charge in [-0.1, -0.05) is 0 Å². The minimum absolute atomic E-state index is 0.465. The Kier molecular flexibility index (Phi) is 4.16. The zero-order valence-electron chi connectivity index (χ0n) is 11.1. The molecule has 1 N–H and O–H groups in total. The minimum atomic E-state index is 0.465. The lowest BCUT2D eigenvalue weighted by atomic mass is 10.1. The van der Waals surface area contributed by atoms with Crippen molar-refractivity contribution in [1.29, 1.82) is 5.26 Å². The minimum Gasteiger partial charge on any atom is -0.383 e. The van der Waals surface area contributed by atoms with E-state index in [1.807, 2.05) is 12.1 Å². The second-order valence-corrected chi connectivity index (χ2v) is 5.17. The van der Waals surface area contributed by atoms with E-state index in [4.69, 9.17) is 5.26 Å². The number of likely N-dealkylation sites (tertiary alicyclic amines) is 1. The fourth-order valence-electron chi connectivity index (χ4n) is 2.33. The van der Waals surface area contributed by atoms with Gasteiger partial charge in [-0.15, -0.1) is 0 Å². The average Bonchev–Trinajstić information content (AvgIpc) is 2.86. The Morgan fingerprint density at radius 1 is 1.56 bits per heavy atom. The van der Waals surface area contributed by atoms with Gasteiger partial charge in [0.15, 0.2) is 0 Å². The van der Waals surface area contributed by atoms with Crippen molar-refractivity contribution in [3.05, 3.63) is 24.0 Å². The molecule has 18 heavy (non-hydrogen) atoms. The summed E-state index contributed by atoms with van der Waals surface area (Å²) >= 11 is 0. The van der Waals surface area contributed by atoms with E-state index in [0.29, 0.717) is 17.7 Å².